The number of carbonyl (C=O) groups excluding carboxylic acids is 1. The van der Waals surface area contributed by atoms with Crippen molar-refractivity contribution in [2.45, 2.75) is 51.9 Å². The summed E-state index contributed by atoms with van der Waals surface area (Å²) < 4.78 is 34.1. The number of amides is 2. The number of piperidine rings is 1. The van der Waals surface area contributed by atoms with Crippen LogP contribution in [0.15, 0.2) is 60.0 Å². The largest absolute Gasteiger partial charge is 0.506 e. The maximum Gasteiger partial charge on any atom is 0.324 e. The molecule has 4 heterocycles. The smallest absolute Gasteiger partial charge is 0.324 e. The van der Waals surface area contributed by atoms with Crippen LogP contribution in [-0.2, 0) is 11.3 Å². The average molecular weight is 719 g/mol. The van der Waals surface area contributed by atoms with Crippen molar-refractivity contribution in [3.63, 3.8) is 0 Å². The number of aromatic hydroxyl groups is 1. The Hall–Kier alpha value is -4.33. The van der Waals surface area contributed by atoms with Gasteiger partial charge < -0.3 is 25.0 Å². The second-order valence-corrected chi connectivity index (χ2v) is 16.3. The number of aromatic nitrogens is 2. The van der Waals surface area contributed by atoms with Crippen LogP contribution in [0.4, 0.5) is 36.5 Å². The molecule has 1 spiro atoms. The van der Waals surface area contributed by atoms with Crippen LogP contribution in [0.2, 0.25) is 0 Å². The van der Waals surface area contributed by atoms with Crippen LogP contribution < -0.4 is 20.3 Å². The number of alkyl halides is 2. The summed E-state index contributed by atoms with van der Waals surface area (Å²) in [5.41, 5.74) is 4.71. The number of hydrogen-bond acceptors (Lipinski definition) is 9. The van der Waals surface area contributed by atoms with Crippen molar-refractivity contribution in [2.24, 2.45) is 5.41 Å². The van der Waals surface area contributed by atoms with E-state index in [0.29, 0.717) is 23.6 Å². The zero-order valence-electron chi connectivity index (χ0n) is 28.6. The van der Waals surface area contributed by atoms with Crippen LogP contribution in [-0.4, -0.2) is 59.3 Å². The predicted molar refractivity (Wildman–Crippen MR) is 198 cm³/mol. The lowest BCUT2D eigenvalue weighted by molar-refractivity contribution is 0.0173. The van der Waals surface area contributed by atoms with E-state index in [-0.39, 0.29) is 27.4 Å². The second kappa shape index (κ2) is 12.8. The van der Waals surface area contributed by atoms with Crippen molar-refractivity contribution in [1.82, 2.24) is 14.9 Å². The van der Waals surface area contributed by atoms with E-state index in [4.69, 9.17) is 9.72 Å². The highest BCUT2D eigenvalue weighted by atomic mass is 32.1. The Labute approximate surface area is 297 Å². The number of halogens is 2. The fourth-order valence-electron chi connectivity index (χ4n) is 7.22. The predicted octanol–water partition coefficient (Wildman–Crippen LogP) is 9.42. The van der Waals surface area contributed by atoms with Gasteiger partial charge in [0, 0.05) is 36.4 Å². The number of nitrogens with zero attached hydrogens (tertiary/aromatic N) is 4. The molecule has 7 rings (SSSR count). The molecule has 9 nitrogen and oxygen atoms in total. The topological polar surface area (TPSA) is 103 Å². The third kappa shape index (κ3) is 6.61. The number of anilines is 4. The molecule has 5 aromatic rings. The molecule has 3 N–H and O–H groups in total. The van der Waals surface area contributed by atoms with Crippen LogP contribution >= 0.6 is 22.7 Å². The Bertz CT molecular complexity index is 2060. The molecule has 2 aliphatic rings. The molecule has 0 bridgehead atoms. The van der Waals surface area contributed by atoms with E-state index in [9.17, 15) is 18.7 Å². The van der Waals surface area contributed by atoms with Gasteiger partial charge >= 0.3 is 6.03 Å². The van der Waals surface area contributed by atoms with Crippen LogP contribution in [0.3, 0.4) is 0 Å². The van der Waals surface area contributed by atoms with Crippen molar-refractivity contribution in [1.29, 1.82) is 0 Å². The number of urea groups is 1. The molecule has 2 aliphatic heterocycles. The number of para-hydroxylation sites is 2. The number of phenols is 1. The number of fused-ring (bicyclic) bond motifs is 3. The van der Waals surface area contributed by atoms with E-state index in [1.807, 2.05) is 42.5 Å². The first-order chi connectivity index (χ1) is 23.7. The van der Waals surface area contributed by atoms with Crippen molar-refractivity contribution >= 4 is 61.8 Å². The molecule has 1 fully saturated rings. The molecule has 2 aromatic heterocycles. The minimum absolute atomic E-state index is 0.0461. The van der Waals surface area contributed by atoms with Gasteiger partial charge in [0.15, 0.2) is 5.01 Å². The molecule has 262 valence electrons. The van der Waals surface area contributed by atoms with Crippen molar-refractivity contribution < 1.29 is 23.4 Å². The summed E-state index contributed by atoms with van der Waals surface area (Å²) in [5, 5.41) is 19.0. The number of phenolic OH excluding ortho intramolecular Hbond substituents is 1. The van der Waals surface area contributed by atoms with Gasteiger partial charge in [-0.15, -0.1) is 22.7 Å². The standard InChI is InChI=1S/C37H40F2N6O3S2/c1-35(2,3)20-44-16-14-37(15-17-44)21-45(26-9-7-6-8-24(26)41-34(47)43-29-19-49-33(42-29)36(4,38)39)31-27(46)13-11-23(30(31)37)32-40-25-12-10-22(48-5)18-28(25)50-32/h6-13,18-19,46H,14-17,20-21H2,1-5H3,(H2,41,43,47). The Kier molecular flexibility index (Phi) is 8.72. The highest BCUT2D eigenvalue weighted by Gasteiger charge is 2.49. The molecular weight excluding hydrogens is 679 g/mol. The van der Waals surface area contributed by atoms with E-state index in [1.165, 1.54) is 5.38 Å². The van der Waals surface area contributed by atoms with Gasteiger partial charge in [0.2, 0.25) is 0 Å². The van der Waals surface area contributed by atoms with Crippen LogP contribution in [0.25, 0.3) is 20.8 Å². The highest BCUT2D eigenvalue weighted by molar-refractivity contribution is 7.21. The van der Waals surface area contributed by atoms with Gasteiger partial charge in [-0.2, -0.15) is 8.78 Å². The fraction of sp³-hybridized carbons (Fsp3) is 0.378. The third-order valence-corrected chi connectivity index (χ3v) is 11.4. The molecule has 0 unspecified atom stereocenters. The van der Waals surface area contributed by atoms with Crippen LogP contribution in [0.1, 0.15) is 51.1 Å². The number of ether oxygens (including phenoxy) is 1. The van der Waals surface area contributed by atoms with Gasteiger partial charge in [-0.05, 0) is 79.4 Å². The molecule has 13 heteroatoms. The van der Waals surface area contributed by atoms with Gasteiger partial charge in [0.25, 0.3) is 5.92 Å². The lowest BCUT2D eigenvalue weighted by Gasteiger charge is -2.42. The SMILES string of the molecule is COc1ccc2nc(-c3ccc(O)c4c3C3(CCN(CC(C)(C)C)CC3)CN4c3ccccc3NC(=O)Nc3csc(C(C)(F)F)n3)sc2c1. The second-order valence-electron chi connectivity index (χ2n) is 14.4. The summed E-state index contributed by atoms with van der Waals surface area (Å²) >= 11 is 2.39. The maximum atomic E-state index is 13.8. The van der Waals surface area contributed by atoms with E-state index in [1.54, 1.807) is 30.6 Å². The number of thiazole rings is 2. The normalized spacial score (nSPS) is 16.2. The molecule has 2 amide bonds. The molecule has 0 saturated carbocycles. The first kappa shape index (κ1) is 34.1. The number of likely N-dealkylation sites (tertiary alicyclic amines) is 1. The van der Waals surface area contributed by atoms with Crippen LogP contribution in [0.5, 0.6) is 11.5 Å². The molecule has 1 saturated heterocycles. The van der Waals surface area contributed by atoms with Gasteiger partial charge in [-0.1, -0.05) is 32.9 Å². The fourth-order valence-corrected chi connectivity index (χ4v) is 8.94. The number of carbonyl (C=O) groups is 1. The van der Waals surface area contributed by atoms with E-state index >= 15 is 0 Å². The number of nitrogens with one attached hydrogen (secondary N) is 2. The zero-order valence-corrected chi connectivity index (χ0v) is 30.3. The number of hydrogen-bond donors (Lipinski definition) is 3. The lowest BCUT2D eigenvalue weighted by atomic mass is 9.72. The van der Waals surface area contributed by atoms with Gasteiger partial charge in [0.1, 0.15) is 22.3 Å². The van der Waals surface area contributed by atoms with Gasteiger partial charge in [0.05, 0.1) is 34.4 Å². The Balaban J connectivity index is 1.28. The number of benzene rings is 3. The van der Waals surface area contributed by atoms with E-state index < -0.39 is 12.0 Å². The molecule has 0 radical (unpaired) electrons. The van der Waals surface area contributed by atoms with Gasteiger partial charge in [-0.25, -0.2) is 14.8 Å². The summed E-state index contributed by atoms with van der Waals surface area (Å²) in [6.45, 7) is 11.0. The molecule has 50 heavy (non-hydrogen) atoms. The summed E-state index contributed by atoms with van der Waals surface area (Å²) in [5.74, 6) is -2.14. The Morgan fingerprint density at radius 2 is 1.80 bits per heavy atom. The Morgan fingerprint density at radius 1 is 1.04 bits per heavy atom. The molecule has 0 atom stereocenters. The van der Waals surface area contributed by atoms with Gasteiger partial charge in [-0.3, -0.25) is 5.32 Å². The highest BCUT2D eigenvalue weighted by Crippen LogP contribution is 2.57. The van der Waals surface area contributed by atoms with E-state index in [0.717, 1.165) is 82.8 Å². The lowest BCUT2D eigenvalue weighted by Crippen LogP contribution is -2.47. The summed E-state index contributed by atoms with van der Waals surface area (Å²) in [6, 6.07) is 16.4. The quantitative estimate of drug-likeness (QED) is 0.154. The monoisotopic (exact) mass is 718 g/mol. The summed E-state index contributed by atoms with van der Waals surface area (Å²) in [7, 11) is 1.65. The van der Waals surface area contributed by atoms with E-state index in [2.05, 4.69) is 46.2 Å². The molecular formula is C37H40F2N6O3S2. The van der Waals surface area contributed by atoms with Crippen molar-refractivity contribution in [3.8, 4) is 22.1 Å². The molecule has 0 aliphatic carbocycles. The Morgan fingerprint density at radius 3 is 2.50 bits per heavy atom. The third-order valence-electron chi connectivity index (χ3n) is 9.32. The summed E-state index contributed by atoms with van der Waals surface area (Å²) in [6.07, 6.45) is 1.76. The van der Waals surface area contributed by atoms with Crippen LogP contribution in [0, 0.1) is 5.41 Å². The first-order valence-corrected chi connectivity index (χ1v) is 18.2. The first-order valence-electron chi connectivity index (χ1n) is 16.6. The molecule has 3 aromatic carbocycles. The van der Waals surface area contributed by atoms with Crippen molar-refractivity contribution in [2.75, 3.05) is 48.8 Å². The number of rotatable bonds is 7. The van der Waals surface area contributed by atoms with Crippen molar-refractivity contribution in [3.05, 3.63) is 70.5 Å². The number of methoxy groups -OCH3 is 1. The maximum absolute atomic E-state index is 13.8. The average Bonchev–Trinajstić information content (AvgIpc) is 3.79. The summed E-state index contributed by atoms with van der Waals surface area (Å²) in [4.78, 5) is 26.8. The minimum Gasteiger partial charge on any atom is -0.506 e. The zero-order chi connectivity index (χ0) is 35.4. The minimum atomic E-state index is -3.10.